The lowest BCUT2D eigenvalue weighted by Gasteiger charge is -2.03. The van der Waals surface area contributed by atoms with Crippen LogP contribution in [0.5, 0.6) is 0 Å². The maximum atomic E-state index is 10.9. The van der Waals surface area contributed by atoms with Gasteiger partial charge >= 0.3 is 0 Å². The third kappa shape index (κ3) is 2.09. The van der Waals surface area contributed by atoms with E-state index < -0.39 is 0 Å². The molecule has 0 aliphatic heterocycles. The third-order valence-corrected chi connectivity index (χ3v) is 1.59. The molecular weight excluding hydrogens is 150 g/mol. The summed E-state index contributed by atoms with van der Waals surface area (Å²) in [7, 11) is 3.92. The Hall–Kier alpha value is -1.31. The van der Waals surface area contributed by atoms with Crippen LogP contribution in [-0.4, -0.2) is 24.8 Å². The summed E-state index contributed by atoms with van der Waals surface area (Å²) in [5.74, 6) is 0.119. The van der Waals surface area contributed by atoms with E-state index in [0.717, 1.165) is 11.1 Å². The van der Waals surface area contributed by atoms with Crippen molar-refractivity contribution in [3.8, 4) is 0 Å². The fourth-order valence-corrected chi connectivity index (χ4v) is 1.06. The minimum Gasteiger partial charge on any atom is -0.383 e. The van der Waals surface area contributed by atoms with Crippen LogP contribution >= 0.6 is 0 Å². The molecule has 0 bridgehead atoms. The van der Waals surface area contributed by atoms with Gasteiger partial charge in [0.2, 0.25) is 0 Å². The smallest absolute Gasteiger partial charge is 0.159 e. The second-order valence-electron chi connectivity index (χ2n) is 3.08. The SMILES string of the molecule is CC(=O)C1=C/C(=C/N(C)C)C=C1. The number of nitrogens with zero attached hydrogens (tertiary/aromatic N) is 1. The zero-order chi connectivity index (χ0) is 9.14. The van der Waals surface area contributed by atoms with Gasteiger partial charge in [0, 0.05) is 25.9 Å². The van der Waals surface area contributed by atoms with E-state index in [1.807, 2.05) is 43.4 Å². The molecule has 0 aromatic carbocycles. The fourth-order valence-electron chi connectivity index (χ4n) is 1.06. The highest BCUT2D eigenvalue weighted by Gasteiger charge is 2.05. The number of rotatable bonds is 2. The minimum atomic E-state index is 0.119. The molecular formula is C10H13NO. The summed E-state index contributed by atoms with van der Waals surface area (Å²) in [6.07, 6.45) is 7.66. The highest BCUT2D eigenvalue weighted by atomic mass is 16.1. The Kier molecular flexibility index (Phi) is 2.48. The average molecular weight is 163 g/mol. The van der Waals surface area contributed by atoms with E-state index in [0.29, 0.717) is 0 Å². The maximum absolute atomic E-state index is 10.9. The van der Waals surface area contributed by atoms with E-state index in [4.69, 9.17) is 0 Å². The lowest BCUT2D eigenvalue weighted by Crippen LogP contribution is -2.01. The molecule has 12 heavy (non-hydrogen) atoms. The number of carbonyl (C=O) groups is 1. The van der Waals surface area contributed by atoms with Crippen LogP contribution < -0.4 is 0 Å². The Balaban J connectivity index is 2.79. The molecule has 0 spiro atoms. The van der Waals surface area contributed by atoms with Crippen LogP contribution in [0, 0.1) is 0 Å². The lowest BCUT2D eigenvalue weighted by atomic mass is 10.2. The van der Waals surface area contributed by atoms with Crippen LogP contribution in [-0.2, 0) is 4.79 Å². The van der Waals surface area contributed by atoms with Crippen molar-refractivity contribution in [2.24, 2.45) is 0 Å². The monoisotopic (exact) mass is 163 g/mol. The van der Waals surface area contributed by atoms with E-state index in [1.54, 1.807) is 6.92 Å². The van der Waals surface area contributed by atoms with Gasteiger partial charge in [0.15, 0.2) is 5.78 Å². The van der Waals surface area contributed by atoms with Gasteiger partial charge in [0.1, 0.15) is 0 Å². The predicted molar refractivity (Wildman–Crippen MR) is 49.7 cm³/mol. The Morgan fingerprint density at radius 3 is 2.50 bits per heavy atom. The number of Topliss-reactive ketones (excluding diaryl/α,β-unsaturated/α-hetero) is 1. The van der Waals surface area contributed by atoms with Crippen LogP contribution in [0.25, 0.3) is 0 Å². The van der Waals surface area contributed by atoms with Crippen molar-refractivity contribution in [3.63, 3.8) is 0 Å². The van der Waals surface area contributed by atoms with Crippen LogP contribution in [0.2, 0.25) is 0 Å². The topological polar surface area (TPSA) is 20.3 Å². The molecule has 0 aromatic heterocycles. The molecule has 0 radical (unpaired) electrons. The van der Waals surface area contributed by atoms with Crippen molar-refractivity contribution in [2.75, 3.05) is 14.1 Å². The summed E-state index contributed by atoms with van der Waals surface area (Å²) in [6.45, 7) is 1.58. The maximum Gasteiger partial charge on any atom is 0.159 e. The Labute approximate surface area is 72.9 Å². The molecule has 2 nitrogen and oxygen atoms in total. The molecule has 1 aliphatic carbocycles. The Morgan fingerprint density at radius 2 is 2.08 bits per heavy atom. The number of carbonyl (C=O) groups excluding carboxylic acids is 1. The zero-order valence-electron chi connectivity index (χ0n) is 7.66. The first-order chi connectivity index (χ1) is 5.59. The van der Waals surface area contributed by atoms with Gasteiger partial charge in [-0.25, -0.2) is 0 Å². The van der Waals surface area contributed by atoms with Gasteiger partial charge in [-0.3, -0.25) is 4.79 Å². The van der Waals surface area contributed by atoms with Gasteiger partial charge in [-0.05, 0) is 18.6 Å². The summed E-state index contributed by atoms with van der Waals surface area (Å²) in [6, 6.07) is 0. The van der Waals surface area contributed by atoms with Crippen molar-refractivity contribution in [1.29, 1.82) is 0 Å². The second-order valence-corrected chi connectivity index (χ2v) is 3.08. The van der Waals surface area contributed by atoms with E-state index in [9.17, 15) is 4.79 Å². The average Bonchev–Trinajstić information content (AvgIpc) is 2.34. The van der Waals surface area contributed by atoms with Crippen LogP contribution in [0.1, 0.15) is 6.92 Å². The van der Waals surface area contributed by atoms with Gasteiger partial charge in [0.25, 0.3) is 0 Å². The zero-order valence-corrected chi connectivity index (χ0v) is 7.66. The van der Waals surface area contributed by atoms with Gasteiger partial charge in [-0.2, -0.15) is 0 Å². The quantitative estimate of drug-likeness (QED) is 0.615. The molecule has 0 heterocycles. The first-order valence-electron chi connectivity index (χ1n) is 3.88. The molecule has 1 rings (SSSR count). The summed E-state index contributed by atoms with van der Waals surface area (Å²) in [4.78, 5) is 12.9. The van der Waals surface area contributed by atoms with Crippen LogP contribution in [0.15, 0.2) is 35.6 Å². The number of hydrogen-bond donors (Lipinski definition) is 0. The van der Waals surface area contributed by atoms with E-state index in [2.05, 4.69) is 0 Å². The lowest BCUT2D eigenvalue weighted by molar-refractivity contribution is -0.113. The predicted octanol–water partition coefficient (Wildman–Crippen LogP) is 1.52. The summed E-state index contributed by atoms with van der Waals surface area (Å²) in [5, 5.41) is 0. The Morgan fingerprint density at radius 1 is 1.42 bits per heavy atom. The molecule has 0 unspecified atom stereocenters. The highest BCUT2D eigenvalue weighted by Crippen LogP contribution is 2.15. The number of allylic oxidation sites excluding steroid dienone is 5. The summed E-state index contributed by atoms with van der Waals surface area (Å²) < 4.78 is 0. The molecule has 0 N–H and O–H groups in total. The van der Waals surface area contributed by atoms with E-state index >= 15 is 0 Å². The minimum absolute atomic E-state index is 0.119. The van der Waals surface area contributed by atoms with Gasteiger partial charge in [0.05, 0.1) is 0 Å². The molecule has 64 valence electrons. The molecule has 1 aliphatic rings. The van der Waals surface area contributed by atoms with Crippen molar-refractivity contribution in [2.45, 2.75) is 6.92 Å². The van der Waals surface area contributed by atoms with Crippen molar-refractivity contribution >= 4 is 5.78 Å². The summed E-state index contributed by atoms with van der Waals surface area (Å²) >= 11 is 0. The molecule has 0 fully saturated rings. The van der Waals surface area contributed by atoms with Crippen molar-refractivity contribution in [1.82, 2.24) is 4.90 Å². The number of hydrogen-bond acceptors (Lipinski definition) is 2. The third-order valence-electron chi connectivity index (χ3n) is 1.59. The molecule has 0 aromatic rings. The molecule has 0 saturated carbocycles. The van der Waals surface area contributed by atoms with Crippen molar-refractivity contribution in [3.05, 3.63) is 35.6 Å². The molecule has 0 saturated heterocycles. The second kappa shape index (κ2) is 3.39. The normalized spacial score (nSPS) is 18.2. The fraction of sp³-hybridized carbons (Fsp3) is 0.300. The van der Waals surface area contributed by atoms with Crippen LogP contribution in [0.4, 0.5) is 0 Å². The first-order valence-corrected chi connectivity index (χ1v) is 3.88. The molecule has 0 amide bonds. The van der Waals surface area contributed by atoms with E-state index in [1.165, 1.54) is 0 Å². The largest absolute Gasteiger partial charge is 0.383 e. The molecule has 2 heteroatoms. The first kappa shape index (κ1) is 8.78. The van der Waals surface area contributed by atoms with Gasteiger partial charge < -0.3 is 4.90 Å². The van der Waals surface area contributed by atoms with Gasteiger partial charge in [-0.15, -0.1) is 0 Å². The molecule has 0 atom stereocenters. The summed E-state index contributed by atoms with van der Waals surface area (Å²) in [5.41, 5.74) is 1.85. The highest BCUT2D eigenvalue weighted by molar-refractivity contribution is 5.97. The van der Waals surface area contributed by atoms with Gasteiger partial charge in [-0.1, -0.05) is 12.2 Å². The van der Waals surface area contributed by atoms with E-state index in [-0.39, 0.29) is 5.78 Å². The standard InChI is InChI=1S/C10H13NO/c1-8(12)10-5-4-9(6-10)7-11(2)3/h4-7H,1-3H3/b9-7+. The Bertz CT molecular complexity index is 282. The van der Waals surface area contributed by atoms with Crippen molar-refractivity contribution < 1.29 is 4.79 Å². The number of ketones is 1. The van der Waals surface area contributed by atoms with Crippen LogP contribution in [0.3, 0.4) is 0 Å².